The Kier molecular flexibility index (Phi) is 7.93. The summed E-state index contributed by atoms with van der Waals surface area (Å²) >= 11 is 0. The average Bonchev–Trinajstić information content (AvgIpc) is 3.38. The molecule has 200 valence electrons. The first-order valence-electron chi connectivity index (χ1n) is 13.3. The van der Waals surface area contributed by atoms with Gasteiger partial charge in [-0.1, -0.05) is 61.5 Å². The van der Waals surface area contributed by atoms with Crippen LogP contribution in [0.3, 0.4) is 0 Å². The van der Waals surface area contributed by atoms with Gasteiger partial charge < -0.3 is 4.98 Å². The molecule has 0 saturated heterocycles. The molecule has 0 amide bonds. The lowest BCUT2D eigenvalue weighted by Crippen LogP contribution is -2.34. The number of hydrogen-bond acceptors (Lipinski definition) is 5. The van der Waals surface area contributed by atoms with Gasteiger partial charge in [-0.3, -0.25) is 9.69 Å². The molecule has 5 aromatic rings. The van der Waals surface area contributed by atoms with Crippen LogP contribution in [0.1, 0.15) is 53.0 Å². The predicted molar refractivity (Wildman–Crippen MR) is 151 cm³/mol. The molecule has 0 aliphatic carbocycles. The lowest BCUT2D eigenvalue weighted by molar-refractivity contribution is 0.172. The first-order chi connectivity index (χ1) is 18.9. The molecule has 3 aromatic carbocycles. The largest absolute Gasteiger partial charge is 0.321 e. The summed E-state index contributed by atoms with van der Waals surface area (Å²) in [4.78, 5) is 18.6. The highest BCUT2D eigenvalue weighted by molar-refractivity contribution is 5.81. The molecular weight excluding hydrogens is 491 g/mol. The second-order valence-corrected chi connectivity index (χ2v) is 10.1. The van der Waals surface area contributed by atoms with Gasteiger partial charge in [0.25, 0.3) is 5.56 Å². The molecule has 0 saturated carbocycles. The third-order valence-corrected chi connectivity index (χ3v) is 7.40. The Morgan fingerprint density at radius 1 is 0.974 bits per heavy atom. The Balaban J connectivity index is 1.49. The number of hydrogen-bond donors (Lipinski definition) is 1. The fraction of sp³-hybridized carbons (Fsp3) is 0.290. The van der Waals surface area contributed by atoms with Crippen LogP contribution in [0, 0.1) is 19.7 Å². The van der Waals surface area contributed by atoms with Gasteiger partial charge >= 0.3 is 0 Å². The number of aryl methyl sites for hydroxylation is 2. The van der Waals surface area contributed by atoms with Gasteiger partial charge in [0.2, 0.25) is 0 Å². The lowest BCUT2D eigenvalue weighted by atomic mass is 10.0. The lowest BCUT2D eigenvalue weighted by Gasteiger charge is -2.30. The van der Waals surface area contributed by atoms with Gasteiger partial charge in [-0.15, -0.1) is 5.10 Å². The maximum absolute atomic E-state index is 13.5. The summed E-state index contributed by atoms with van der Waals surface area (Å²) in [6.45, 7) is 7.83. The number of rotatable bonds is 10. The van der Waals surface area contributed by atoms with Gasteiger partial charge in [0.1, 0.15) is 5.82 Å². The number of para-hydroxylation sites is 1. The van der Waals surface area contributed by atoms with E-state index in [0.717, 1.165) is 47.2 Å². The molecule has 8 heteroatoms. The van der Waals surface area contributed by atoms with Crippen LogP contribution < -0.4 is 5.56 Å². The SMILES string of the molecule is CC[C@H](c1nnnn1Cc1ccc(F)cc1)N(CCc1ccccc1C)Cc1cc2cccc(C)c2[nH]c1=O. The molecular formula is C31H33FN6O. The Morgan fingerprint density at radius 3 is 2.51 bits per heavy atom. The van der Waals surface area contributed by atoms with E-state index in [9.17, 15) is 9.18 Å². The number of aromatic nitrogens is 5. The van der Waals surface area contributed by atoms with Crippen LogP contribution in [0.2, 0.25) is 0 Å². The highest BCUT2D eigenvalue weighted by Crippen LogP contribution is 2.26. The molecule has 0 unspecified atom stereocenters. The number of benzene rings is 3. The summed E-state index contributed by atoms with van der Waals surface area (Å²) in [5, 5.41) is 13.7. The summed E-state index contributed by atoms with van der Waals surface area (Å²) in [6.07, 6.45) is 1.58. The van der Waals surface area contributed by atoms with E-state index in [0.29, 0.717) is 18.7 Å². The van der Waals surface area contributed by atoms with Crippen molar-refractivity contribution in [1.82, 2.24) is 30.1 Å². The molecule has 39 heavy (non-hydrogen) atoms. The van der Waals surface area contributed by atoms with Crippen molar-refractivity contribution < 1.29 is 4.39 Å². The van der Waals surface area contributed by atoms with E-state index in [4.69, 9.17) is 0 Å². The number of halogens is 1. The summed E-state index contributed by atoms with van der Waals surface area (Å²) in [7, 11) is 0. The topological polar surface area (TPSA) is 79.7 Å². The summed E-state index contributed by atoms with van der Waals surface area (Å²) in [5.74, 6) is 0.444. The first kappa shape index (κ1) is 26.4. The highest BCUT2D eigenvalue weighted by atomic mass is 19.1. The minimum atomic E-state index is -0.277. The van der Waals surface area contributed by atoms with Crippen molar-refractivity contribution in [2.45, 2.75) is 52.7 Å². The van der Waals surface area contributed by atoms with E-state index in [1.165, 1.54) is 23.3 Å². The molecule has 1 atom stereocenters. The summed E-state index contributed by atoms with van der Waals surface area (Å²) < 4.78 is 15.2. The predicted octanol–water partition coefficient (Wildman–Crippen LogP) is 5.51. The third-order valence-electron chi connectivity index (χ3n) is 7.40. The van der Waals surface area contributed by atoms with Crippen LogP contribution in [0.4, 0.5) is 4.39 Å². The number of aromatic amines is 1. The van der Waals surface area contributed by atoms with E-state index >= 15 is 0 Å². The van der Waals surface area contributed by atoms with Crippen molar-refractivity contribution in [2.75, 3.05) is 6.54 Å². The van der Waals surface area contributed by atoms with E-state index < -0.39 is 0 Å². The second-order valence-electron chi connectivity index (χ2n) is 10.1. The van der Waals surface area contributed by atoms with Crippen LogP contribution in [-0.4, -0.2) is 36.6 Å². The number of nitrogens with one attached hydrogen (secondary N) is 1. The van der Waals surface area contributed by atoms with Crippen molar-refractivity contribution in [3.8, 4) is 0 Å². The average molecular weight is 525 g/mol. The molecule has 0 aliphatic heterocycles. The van der Waals surface area contributed by atoms with Crippen molar-refractivity contribution in [1.29, 1.82) is 0 Å². The molecule has 2 aromatic heterocycles. The van der Waals surface area contributed by atoms with Gasteiger partial charge in [0.15, 0.2) is 5.82 Å². The smallest absolute Gasteiger partial charge is 0.252 e. The Bertz CT molecular complexity index is 1620. The van der Waals surface area contributed by atoms with Crippen LogP contribution >= 0.6 is 0 Å². The summed E-state index contributed by atoms with van der Waals surface area (Å²) in [6, 6.07) is 22.7. The molecule has 5 rings (SSSR count). The molecule has 0 radical (unpaired) electrons. The van der Waals surface area contributed by atoms with Gasteiger partial charge in [0, 0.05) is 18.7 Å². The van der Waals surface area contributed by atoms with Gasteiger partial charge in [0.05, 0.1) is 18.1 Å². The normalized spacial score (nSPS) is 12.3. The van der Waals surface area contributed by atoms with Gasteiger partial charge in [-0.05, 0) is 83.0 Å². The summed E-state index contributed by atoms with van der Waals surface area (Å²) in [5.41, 5.74) is 5.95. The van der Waals surface area contributed by atoms with E-state index in [-0.39, 0.29) is 17.4 Å². The molecule has 0 spiro atoms. The third kappa shape index (κ3) is 5.96. The number of tetrazole rings is 1. The number of fused-ring (bicyclic) bond motifs is 1. The fourth-order valence-electron chi connectivity index (χ4n) is 5.19. The maximum atomic E-state index is 13.5. The minimum absolute atomic E-state index is 0.0848. The molecule has 0 fully saturated rings. The van der Waals surface area contributed by atoms with Crippen LogP contribution in [0.15, 0.2) is 77.6 Å². The zero-order valence-electron chi connectivity index (χ0n) is 22.6. The Morgan fingerprint density at radius 2 is 1.74 bits per heavy atom. The molecule has 0 aliphatic rings. The van der Waals surface area contributed by atoms with Gasteiger partial charge in [-0.25, -0.2) is 9.07 Å². The molecule has 2 heterocycles. The minimum Gasteiger partial charge on any atom is -0.321 e. The van der Waals surface area contributed by atoms with Gasteiger partial charge in [-0.2, -0.15) is 0 Å². The fourth-order valence-corrected chi connectivity index (χ4v) is 5.19. The van der Waals surface area contributed by atoms with E-state index in [2.05, 4.69) is 57.5 Å². The second kappa shape index (κ2) is 11.7. The molecule has 7 nitrogen and oxygen atoms in total. The van der Waals surface area contributed by atoms with Crippen LogP contribution in [-0.2, 0) is 19.5 Å². The highest BCUT2D eigenvalue weighted by Gasteiger charge is 2.26. The maximum Gasteiger partial charge on any atom is 0.252 e. The van der Waals surface area contributed by atoms with Crippen molar-refractivity contribution in [2.24, 2.45) is 0 Å². The van der Waals surface area contributed by atoms with Crippen molar-refractivity contribution in [3.63, 3.8) is 0 Å². The van der Waals surface area contributed by atoms with Crippen molar-refractivity contribution >= 4 is 10.9 Å². The monoisotopic (exact) mass is 524 g/mol. The van der Waals surface area contributed by atoms with Crippen molar-refractivity contribution in [3.05, 3.63) is 123 Å². The quantitative estimate of drug-likeness (QED) is 0.260. The standard InChI is InChI=1S/C31H33FN6O/c1-4-28(30-34-35-36-38(30)19-23-12-14-27(32)15-13-23)37(17-16-24-10-6-5-8-21(24)2)20-26-18-25-11-7-9-22(3)29(25)33-31(26)39/h5-15,18,28H,4,16-17,19-20H2,1-3H3,(H,33,39)/t28-/m1/s1. The number of H-pyrrole nitrogens is 1. The number of pyridine rings is 1. The Labute approximate surface area is 227 Å². The van der Waals surface area contributed by atoms with Crippen LogP contribution in [0.5, 0.6) is 0 Å². The zero-order valence-corrected chi connectivity index (χ0v) is 22.6. The molecule has 1 N–H and O–H groups in total. The van der Waals surface area contributed by atoms with E-state index in [1.54, 1.807) is 16.8 Å². The first-order valence-corrected chi connectivity index (χ1v) is 13.3. The zero-order chi connectivity index (χ0) is 27.4. The Hall–Kier alpha value is -4.17. The van der Waals surface area contributed by atoms with Crippen LogP contribution in [0.25, 0.3) is 10.9 Å². The number of nitrogens with zero attached hydrogens (tertiary/aromatic N) is 5. The van der Waals surface area contributed by atoms with E-state index in [1.807, 2.05) is 37.3 Å². The molecule has 0 bridgehead atoms.